The van der Waals surface area contributed by atoms with Crippen molar-refractivity contribution >= 4 is 29.1 Å². The van der Waals surface area contributed by atoms with Gasteiger partial charge in [-0.25, -0.2) is 4.79 Å². The molecule has 1 heterocycles. The number of rotatable bonds is 10. The number of carbonyl (C=O) groups is 3. The lowest BCUT2D eigenvalue weighted by Gasteiger charge is -2.26. The van der Waals surface area contributed by atoms with Gasteiger partial charge in [-0.05, 0) is 36.2 Å². The molecule has 0 spiro atoms. The molecule has 38 heavy (non-hydrogen) atoms. The van der Waals surface area contributed by atoms with E-state index in [1.165, 1.54) is 12.0 Å². The van der Waals surface area contributed by atoms with E-state index in [-0.39, 0.29) is 11.3 Å². The Morgan fingerprint density at radius 1 is 0.895 bits per heavy atom. The summed E-state index contributed by atoms with van der Waals surface area (Å²) in [4.78, 5) is 40.1. The number of aliphatic hydroxyl groups is 1. The summed E-state index contributed by atoms with van der Waals surface area (Å²) in [5, 5.41) is 11.2. The molecule has 1 saturated heterocycles. The number of amides is 1. The van der Waals surface area contributed by atoms with Gasteiger partial charge in [-0.3, -0.25) is 14.5 Å². The number of esters is 1. The topological polar surface area (TPSA) is 93.1 Å². The maximum atomic E-state index is 13.4. The fraction of sp³-hybridized carbons (Fsp3) is 0.258. The minimum absolute atomic E-state index is 0.0297. The average Bonchev–Trinajstić information content (AvgIpc) is 3.22. The Hall–Kier alpha value is -4.39. The van der Waals surface area contributed by atoms with Gasteiger partial charge in [0.15, 0.2) is 0 Å². The lowest BCUT2D eigenvalue weighted by atomic mass is 9.94. The molecule has 1 aliphatic heterocycles. The van der Waals surface area contributed by atoms with Crippen LogP contribution in [0.2, 0.25) is 0 Å². The molecule has 0 radical (unpaired) electrons. The number of unbranched alkanes of at least 4 members (excludes halogenated alkanes) is 3. The van der Waals surface area contributed by atoms with E-state index in [0.717, 1.165) is 25.7 Å². The molecule has 0 unspecified atom stereocenters. The average molecular weight is 514 g/mol. The highest BCUT2D eigenvalue weighted by Crippen LogP contribution is 2.42. The monoisotopic (exact) mass is 513 g/mol. The molecular weight excluding hydrogens is 482 g/mol. The van der Waals surface area contributed by atoms with Crippen molar-refractivity contribution in [2.24, 2.45) is 0 Å². The first kappa shape index (κ1) is 26.7. The van der Waals surface area contributed by atoms with Crippen molar-refractivity contribution in [2.75, 3.05) is 18.6 Å². The highest BCUT2D eigenvalue weighted by Gasteiger charge is 2.47. The van der Waals surface area contributed by atoms with Crippen molar-refractivity contribution in [1.29, 1.82) is 0 Å². The van der Waals surface area contributed by atoms with Crippen LogP contribution in [-0.4, -0.2) is 36.5 Å². The second kappa shape index (κ2) is 12.2. The molecule has 0 aromatic heterocycles. The first-order valence-corrected chi connectivity index (χ1v) is 12.7. The van der Waals surface area contributed by atoms with E-state index in [1.54, 1.807) is 72.8 Å². The van der Waals surface area contributed by atoms with Crippen LogP contribution >= 0.6 is 0 Å². The van der Waals surface area contributed by atoms with E-state index in [0.29, 0.717) is 34.7 Å². The van der Waals surface area contributed by atoms with Gasteiger partial charge in [0.25, 0.3) is 11.7 Å². The van der Waals surface area contributed by atoms with Gasteiger partial charge < -0.3 is 14.6 Å². The number of ketones is 1. The van der Waals surface area contributed by atoms with Crippen molar-refractivity contribution in [3.63, 3.8) is 0 Å². The van der Waals surface area contributed by atoms with Gasteiger partial charge in [-0.2, -0.15) is 0 Å². The van der Waals surface area contributed by atoms with Gasteiger partial charge in [-0.1, -0.05) is 74.7 Å². The minimum atomic E-state index is -0.915. The minimum Gasteiger partial charge on any atom is -0.507 e. The molecule has 7 nitrogen and oxygen atoms in total. The maximum absolute atomic E-state index is 13.4. The molecule has 1 N–H and O–H groups in total. The van der Waals surface area contributed by atoms with Gasteiger partial charge in [0.2, 0.25) is 0 Å². The number of carbonyl (C=O) groups excluding carboxylic acids is 3. The van der Waals surface area contributed by atoms with E-state index >= 15 is 0 Å². The number of benzene rings is 3. The van der Waals surface area contributed by atoms with Crippen molar-refractivity contribution in [1.82, 2.24) is 0 Å². The molecular formula is C31H31NO6. The molecule has 0 saturated carbocycles. The van der Waals surface area contributed by atoms with E-state index in [9.17, 15) is 19.5 Å². The first-order chi connectivity index (χ1) is 18.5. The summed E-state index contributed by atoms with van der Waals surface area (Å²) in [6.45, 7) is 2.70. The molecule has 1 fully saturated rings. The van der Waals surface area contributed by atoms with Crippen molar-refractivity contribution < 1.29 is 29.0 Å². The lowest BCUT2D eigenvalue weighted by molar-refractivity contribution is -0.132. The van der Waals surface area contributed by atoms with E-state index in [4.69, 9.17) is 9.47 Å². The fourth-order valence-electron chi connectivity index (χ4n) is 4.53. The zero-order valence-corrected chi connectivity index (χ0v) is 21.6. The van der Waals surface area contributed by atoms with Crippen LogP contribution in [-0.2, 0) is 14.3 Å². The van der Waals surface area contributed by atoms with Crippen LogP contribution in [0.3, 0.4) is 0 Å². The third kappa shape index (κ3) is 5.62. The van der Waals surface area contributed by atoms with Crippen LogP contribution in [0, 0.1) is 0 Å². The molecule has 1 amide bonds. The summed E-state index contributed by atoms with van der Waals surface area (Å²) in [5.41, 5.74) is 1.74. The molecule has 196 valence electrons. The molecule has 3 aromatic carbocycles. The van der Waals surface area contributed by atoms with E-state index < -0.39 is 23.7 Å². The first-order valence-electron chi connectivity index (χ1n) is 12.7. The number of hydrogen-bond acceptors (Lipinski definition) is 6. The smallest absolute Gasteiger partial charge is 0.337 e. The molecule has 1 aliphatic rings. The number of Topliss-reactive ketones (excluding diaryl/α,β-unsaturated/α-hetero) is 1. The maximum Gasteiger partial charge on any atom is 0.337 e. The number of hydrogen-bond donors (Lipinski definition) is 1. The zero-order chi connectivity index (χ0) is 27.1. The second-order valence-electron chi connectivity index (χ2n) is 9.06. The van der Waals surface area contributed by atoms with Crippen LogP contribution in [0.15, 0.2) is 84.4 Å². The molecule has 7 heteroatoms. The summed E-state index contributed by atoms with van der Waals surface area (Å²) in [7, 11) is 1.30. The lowest BCUT2D eigenvalue weighted by Crippen LogP contribution is -2.29. The predicted molar refractivity (Wildman–Crippen MR) is 145 cm³/mol. The largest absolute Gasteiger partial charge is 0.507 e. The highest BCUT2D eigenvalue weighted by molar-refractivity contribution is 6.51. The van der Waals surface area contributed by atoms with Crippen molar-refractivity contribution in [3.8, 4) is 5.75 Å². The number of nitrogens with zero attached hydrogens (tertiary/aromatic N) is 1. The predicted octanol–water partition coefficient (Wildman–Crippen LogP) is 6.06. The Kier molecular flexibility index (Phi) is 8.58. The van der Waals surface area contributed by atoms with E-state index in [1.807, 2.05) is 6.07 Å². The van der Waals surface area contributed by atoms with Crippen LogP contribution in [0.1, 0.15) is 60.1 Å². The van der Waals surface area contributed by atoms with Gasteiger partial charge >= 0.3 is 5.97 Å². The Morgan fingerprint density at radius 2 is 1.63 bits per heavy atom. The fourth-order valence-corrected chi connectivity index (χ4v) is 4.53. The van der Waals surface area contributed by atoms with Gasteiger partial charge in [0.05, 0.1) is 30.9 Å². The Labute approximate surface area is 222 Å². The molecule has 0 bridgehead atoms. The third-order valence-electron chi connectivity index (χ3n) is 6.50. The summed E-state index contributed by atoms with van der Waals surface area (Å²) >= 11 is 0. The normalized spacial score (nSPS) is 16.5. The quantitative estimate of drug-likeness (QED) is 0.116. The van der Waals surface area contributed by atoms with Gasteiger partial charge in [0.1, 0.15) is 11.5 Å². The molecule has 1 atom stereocenters. The van der Waals surface area contributed by atoms with Crippen molar-refractivity contribution in [2.45, 2.75) is 38.6 Å². The summed E-state index contributed by atoms with van der Waals surface area (Å²) in [5.74, 6) is -1.73. The third-order valence-corrected chi connectivity index (χ3v) is 6.50. The molecule has 3 aromatic rings. The number of ether oxygens (including phenoxy) is 2. The van der Waals surface area contributed by atoms with Crippen LogP contribution in [0.25, 0.3) is 5.76 Å². The number of anilines is 1. The van der Waals surface area contributed by atoms with E-state index in [2.05, 4.69) is 6.92 Å². The molecule has 4 rings (SSSR count). The van der Waals surface area contributed by atoms with Gasteiger partial charge in [0, 0.05) is 17.3 Å². The van der Waals surface area contributed by atoms with Crippen LogP contribution in [0.5, 0.6) is 5.75 Å². The summed E-state index contributed by atoms with van der Waals surface area (Å²) < 4.78 is 10.7. The number of methoxy groups -OCH3 is 1. The standard InChI is InChI=1S/C31H31NO6/c1-3-4-5-9-19-38-25-14-10-13-24(20-25)32-27(21-15-17-23(18-16-21)31(36)37-2)26(29(34)30(32)35)28(33)22-11-7-6-8-12-22/h6-8,10-18,20,27,33H,3-5,9,19H2,1-2H3/t27-/m0/s1. The Bertz CT molecular complexity index is 1330. The summed E-state index contributed by atoms with van der Waals surface area (Å²) in [6, 6.07) is 21.2. The molecule has 0 aliphatic carbocycles. The van der Waals surface area contributed by atoms with Crippen LogP contribution in [0.4, 0.5) is 5.69 Å². The zero-order valence-electron chi connectivity index (χ0n) is 21.6. The van der Waals surface area contributed by atoms with Gasteiger partial charge in [-0.15, -0.1) is 0 Å². The Morgan fingerprint density at radius 3 is 2.32 bits per heavy atom. The van der Waals surface area contributed by atoms with Crippen molar-refractivity contribution in [3.05, 3.63) is 101 Å². The second-order valence-corrected chi connectivity index (χ2v) is 9.06. The summed E-state index contributed by atoms with van der Waals surface area (Å²) in [6.07, 6.45) is 4.27. The SMILES string of the molecule is CCCCCCOc1cccc(N2C(=O)C(=O)C(=C(O)c3ccccc3)[C@@H]2c2ccc(C(=O)OC)cc2)c1. The Balaban J connectivity index is 1.76. The van der Waals surface area contributed by atoms with Crippen LogP contribution < -0.4 is 9.64 Å². The number of aliphatic hydroxyl groups excluding tert-OH is 1. The highest BCUT2D eigenvalue weighted by atomic mass is 16.5.